The van der Waals surface area contributed by atoms with Gasteiger partial charge in [-0.05, 0) is 81.2 Å². The van der Waals surface area contributed by atoms with E-state index in [1.807, 2.05) is 54.1 Å². The Kier molecular flexibility index (Phi) is 8.02. The molecule has 1 aliphatic rings. The van der Waals surface area contributed by atoms with Crippen LogP contribution in [-0.2, 0) is 11.2 Å². The molecule has 190 valence electrons. The number of likely N-dealkylation sites (tertiary alicyclic amines) is 1. The fourth-order valence-electron chi connectivity index (χ4n) is 5.02. The minimum atomic E-state index is -0.317. The number of hydrogen-bond donors (Lipinski definition) is 0. The first-order chi connectivity index (χ1) is 18.1. The maximum atomic E-state index is 12.4. The normalized spacial score (nSPS) is 14.5. The molecule has 0 atom stereocenters. The van der Waals surface area contributed by atoms with Crippen molar-refractivity contribution in [3.8, 4) is 16.9 Å². The van der Waals surface area contributed by atoms with Gasteiger partial charge in [0.1, 0.15) is 0 Å². The number of hydrogen-bond acceptors (Lipinski definition) is 4. The topological polar surface area (TPSA) is 47.4 Å². The molecule has 0 aliphatic carbocycles. The average Bonchev–Trinajstić information content (AvgIpc) is 3.39. The zero-order valence-electron chi connectivity index (χ0n) is 21.1. The van der Waals surface area contributed by atoms with Gasteiger partial charge in [0.25, 0.3) is 0 Å². The Morgan fingerprint density at radius 1 is 0.973 bits per heavy atom. The molecule has 4 aromatic rings. The molecule has 3 aromatic carbocycles. The third-order valence-electron chi connectivity index (χ3n) is 7.04. The van der Waals surface area contributed by atoms with E-state index in [9.17, 15) is 4.79 Å². The van der Waals surface area contributed by atoms with Gasteiger partial charge in [-0.2, -0.15) is 5.10 Å². The van der Waals surface area contributed by atoms with E-state index in [-0.39, 0.29) is 5.97 Å². The van der Waals surface area contributed by atoms with E-state index in [1.54, 1.807) is 6.07 Å². The van der Waals surface area contributed by atoms with Gasteiger partial charge in [-0.3, -0.25) is 0 Å². The third-order valence-corrected chi connectivity index (χ3v) is 7.30. The Bertz CT molecular complexity index is 1330. The highest BCUT2D eigenvalue weighted by atomic mass is 35.5. The average molecular weight is 514 g/mol. The molecule has 37 heavy (non-hydrogen) atoms. The lowest BCUT2D eigenvalue weighted by atomic mass is 9.92. The molecule has 6 heteroatoms. The van der Waals surface area contributed by atoms with E-state index >= 15 is 0 Å². The van der Waals surface area contributed by atoms with Crippen molar-refractivity contribution < 1.29 is 9.53 Å². The predicted molar refractivity (Wildman–Crippen MR) is 149 cm³/mol. The number of rotatable bonds is 8. The fourth-order valence-corrected chi connectivity index (χ4v) is 5.14. The van der Waals surface area contributed by atoms with Crippen LogP contribution in [0.5, 0.6) is 0 Å². The van der Waals surface area contributed by atoms with Crippen molar-refractivity contribution in [2.75, 3.05) is 26.2 Å². The summed E-state index contributed by atoms with van der Waals surface area (Å²) in [6.07, 6.45) is 3.21. The molecule has 0 unspecified atom stereocenters. The highest BCUT2D eigenvalue weighted by Crippen LogP contribution is 2.33. The summed E-state index contributed by atoms with van der Waals surface area (Å²) in [7, 11) is 0. The van der Waals surface area contributed by atoms with Crippen LogP contribution < -0.4 is 0 Å². The number of halogens is 1. The van der Waals surface area contributed by atoms with Crippen molar-refractivity contribution in [1.82, 2.24) is 14.7 Å². The van der Waals surface area contributed by atoms with Crippen molar-refractivity contribution >= 4 is 17.6 Å². The molecule has 0 spiro atoms. The van der Waals surface area contributed by atoms with Gasteiger partial charge >= 0.3 is 5.97 Å². The van der Waals surface area contributed by atoms with E-state index in [0.29, 0.717) is 23.1 Å². The van der Waals surface area contributed by atoms with Gasteiger partial charge in [0, 0.05) is 28.7 Å². The van der Waals surface area contributed by atoms with Gasteiger partial charge in [-0.15, -0.1) is 0 Å². The number of carbonyl (C=O) groups excluding carboxylic acids is 1. The Balaban J connectivity index is 1.39. The van der Waals surface area contributed by atoms with Crippen LogP contribution in [0, 0.1) is 0 Å². The van der Waals surface area contributed by atoms with Crippen LogP contribution in [0.4, 0.5) is 0 Å². The lowest BCUT2D eigenvalue weighted by molar-refractivity contribution is 0.0526. The number of nitrogens with zero attached hydrogens (tertiary/aromatic N) is 3. The third kappa shape index (κ3) is 6.12. The molecule has 1 saturated heterocycles. The number of benzene rings is 3. The highest BCUT2D eigenvalue weighted by Gasteiger charge is 2.25. The molecule has 0 saturated carbocycles. The zero-order valence-corrected chi connectivity index (χ0v) is 21.9. The molecule has 1 aliphatic heterocycles. The maximum Gasteiger partial charge on any atom is 0.338 e. The predicted octanol–water partition coefficient (Wildman–Crippen LogP) is 6.79. The Morgan fingerprint density at radius 2 is 1.73 bits per heavy atom. The lowest BCUT2D eigenvalue weighted by Gasteiger charge is -2.32. The first-order valence-corrected chi connectivity index (χ1v) is 13.4. The first-order valence-electron chi connectivity index (χ1n) is 13.0. The summed E-state index contributed by atoms with van der Waals surface area (Å²) >= 11 is 6.13. The number of aromatic nitrogens is 2. The minimum absolute atomic E-state index is 0.317. The SMILES string of the molecule is CCOC(=O)c1cccc(-n2nc(-c3ccc(Cl)cc3)cc2C2CCN(CCc3ccccc3)CC2)c1. The summed E-state index contributed by atoms with van der Waals surface area (Å²) in [5.74, 6) is 0.0653. The van der Waals surface area contributed by atoms with Gasteiger partial charge < -0.3 is 9.64 Å². The van der Waals surface area contributed by atoms with Crippen LogP contribution in [0.2, 0.25) is 5.02 Å². The number of esters is 1. The number of carbonyl (C=O) groups is 1. The molecule has 0 N–H and O–H groups in total. The molecule has 2 heterocycles. The summed E-state index contributed by atoms with van der Waals surface area (Å²) in [5.41, 5.74) is 5.88. The van der Waals surface area contributed by atoms with E-state index in [0.717, 1.165) is 55.8 Å². The van der Waals surface area contributed by atoms with Crippen molar-refractivity contribution in [3.05, 3.63) is 107 Å². The van der Waals surface area contributed by atoms with E-state index < -0.39 is 0 Å². The van der Waals surface area contributed by atoms with Gasteiger partial charge in [0.05, 0.1) is 23.6 Å². The Labute approximate surface area is 223 Å². The molecule has 0 bridgehead atoms. The van der Waals surface area contributed by atoms with Crippen molar-refractivity contribution in [2.45, 2.75) is 32.1 Å². The Hall–Kier alpha value is -3.41. The van der Waals surface area contributed by atoms with E-state index in [4.69, 9.17) is 21.4 Å². The molecular formula is C31H32ClN3O2. The Morgan fingerprint density at radius 3 is 2.46 bits per heavy atom. The van der Waals surface area contributed by atoms with Crippen LogP contribution in [0.25, 0.3) is 16.9 Å². The van der Waals surface area contributed by atoms with Crippen molar-refractivity contribution in [1.29, 1.82) is 0 Å². The molecule has 1 aromatic heterocycles. The quantitative estimate of drug-likeness (QED) is 0.243. The first kappa shape index (κ1) is 25.2. The molecule has 0 radical (unpaired) electrons. The van der Waals surface area contributed by atoms with Gasteiger partial charge in [0.2, 0.25) is 0 Å². The molecule has 0 amide bonds. The van der Waals surface area contributed by atoms with E-state index in [2.05, 4.69) is 41.3 Å². The van der Waals surface area contributed by atoms with E-state index in [1.165, 1.54) is 11.3 Å². The standard InChI is InChI=1S/C31H32ClN3O2/c1-2-37-31(36)26-9-6-10-28(21-26)35-30(22-29(33-35)24-11-13-27(32)14-12-24)25-16-19-34(20-17-25)18-15-23-7-4-3-5-8-23/h3-14,21-22,25H,2,15-20H2,1H3. The van der Waals surface area contributed by atoms with Crippen LogP contribution in [0.3, 0.4) is 0 Å². The summed E-state index contributed by atoms with van der Waals surface area (Å²) in [6.45, 7) is 5.36. The lowest BCUT2D eigenvalue weighted by Crippen LogP contribution is -2.35. The second-order valence-corrected chi connectivity index (χ2v) is 9.93. The van der Waals surface area contributed by atoms with Gasteiger partial charge in [-0.1, -0.05) is 60.1 Å². The monoisotopic (exact) mass is 513 g/mol. The molecule has 5 rings (SSSR count). The maximum absolute atomic E-state index is 12.4. The van der Waals surface area contributed by atoms with Gasteiger partial charge in [0.15, 0.2) is 0 Å². The summed E-state index contributed by atoms with van der Waals surface area (Å²) < 4.78 is 7.24. The second kappa shape index (κ2) is 11.8. The number of ether oxygens (including phenoxy) is 1. The minimum Gasteiger partial charge on any atom is -0.462 e. The molecule has 5 nitrogen and oxygen atoms in total. The molecule has 1 fully saturated rings. The zero-order chi connectivity index (χ0) is 25.6. The van der Waals surface area contributed by atoms with Crippen molar-refractivity contribution in [3.63, 3.8) is 0 Å². The molecular weight excluding hydrogens is 482 g/mol. The van der Waals surface area contributed by atoms with Gasteiger partial charge in [-0.25, -0.2) is 9.48 Å². The van der Waals surface area contributed by atoms with Crippen LogP contribution in [0.15, 0.2) is 84.9 Å². The second-order valence-electron chi connectivity index (χ2n) is 9.50. The number of piperidine rings is 1. The summed E-state index contributed by atoms with van der Waals surface area (Å²) in [6, 6.07) is 28.2. The van der Waals surface area contributed by atoms with Crippen LogP contribution in [-0.4, -0.2) is 46.9 Å². The fraction of sp³-hybridized carbons (Fsp3) is 0.290. The van der Waals surface area contributed by atoms with Crippen LogP contribution >= 0.6 is 11.6 Å². The van der Waals surface area contributed by atoms with Crippen molar-refractivity contribution in [2.24, 2.45) is 0 Å². The largest absolute Gasteiger partial charge is 0.462 e. The highest BCUT2D eigenvalue weighted by molar-refractivity contribution is 6.30. The van der Waals surface area contributed by atoms with Crippen LogP contribution in [0.1, 0.15) is 47.3 Å². The summed E-state index contributed by atoms with van der Waals surface area (Å²) in [4.78, 5) is 15.0. The smallest absolute Gasteiger partial charge is 0.338 e. The summed E-state index contributed by atoms with van der Waals surface area (Å²) in [5, 5.41) is 5.71.